The van der Waals surface area contributed by atoms with Crippen molar-refractivity contribution in [2.75, 3.05) is 26.2 Å². The standard InChI is InChI=1S/C25H31N7O3/c1-14(2)32-23-20(13-28-32)18(24(34)27-12-19-15(3)9-16(4)29-25(19)35)10-21(30-23)17-5-7-31(8-6-17)22(33)11-26/h5,9-10,13-14,19H,6-8,11-12,26H2,1-4H3,(H,27,34). The van der Waals surface area contributed by atoms with E-state index in [9.17, 15) is 14.4 Å². The first kappa shape index (κ1) is 24.5. The van der Waals surface area contributed by atoms with Gasteiger partial charge in [0, 0.05) is 31.4 Å². The van der Waals surface area contributed by atoms with Gasteiger partial charge in [0.1, 0.15) is 0 Å². The smallest absolute Gasteiger partial charge is 0.254 e. The number of nitrogens with zero attached hydrogens (tertiary/aromatic N) is 5. The molecule has 0 radical (unpaired) electrons. The number of allylic oxidation sites excluding steroid dienone is 1. The van der Waals surface area contributed by atoms with Gasteiger partial charge in [-0.3, -0.25) is 14.4 Å². The van der Waals surface area contributed by atoms with Crippen LogP contribution >= 0.6 is 0 Å². The van der Waals surface area contributed by atoms with Gasteiger partial charge in [0.25, 0.3) is 11.8 Å². The number of amides is 3. The van der Waals surface area contributed by atoms with Crippen LogP contribution in [0.3, 0.4) is 0 Å². The highest BCUT2D eigenvalue weighted by Gasteiger charge is 2.26. The number of dihydropyridines is 1. The van der Waals surface area contributed by atoms with Gasteiger partial charge in [0.2, 0.25) is 5.91 Å². The molecule has 2 aromatic rings. The third-order valence-corrected chi connectivity index (χ3v) is 6.40. The second kappa shape index (κ2) is 9.91. The maximum absolute atomic E-state index is 13.3. The Hall–Kier alpha value is -3.66. The van der Waals surface area contributed by atoms with Crippen LogP contribution in [0.2, 0.25) is 0 Å². The Labute approximate surface area is 204 Å². The van der Waals surface area contributed by atoms with Crippen LogP contribution in [0, 0.1) is 5.92 Å². The van der Waals surface area contributed by atoms with E-state index in [1.165, 1.54) is 0 Å². The van der Waals surface area contributed by atoms with Gasteiger partial charge in [-0.25, -0.2) is 14.7 Å². The van der Waals surface area contributed by atoms with Crippen LogP contribution < -0.4 is 11.1 Å². The van der Waals surface area contributed by atoms with Crippen LogP contribution in [0.15, 0.2) is 35.0 Å². The molecule has 10 heteroatoms. The fraction of sp³-hybridized carbons (Fsp3) is 0.440. The lowest BCUT2D eigenvalue weighted by molar-refractivity contribution is -0.129. The molecular weight excluding hydrogens is 446 g/mol. The number of carbonyl (C=O) groups excluding carboxylic acids is 3. The number of carbonyl (C=O) groups is 3. The molecule has 184 valence electrons. The highest BCUT2D eigenvalue weighted by Crippen LogP contribution is 2.27. The number of aliphatic imine (C=N–C) groups is 1. The van der Waals surface area contributed by atoms with E-state index in [-0.39, 0.29) is 36.9 Å². The summed E-state index contributed by atoms with van der Waals surface area (Å²) in [7, 11) is 0. The first-order valence-electron chi connectivity index (χ1n) is 11.8. The van der Waals surface area contributed by atoms with Crippen LogP contribution in [0.25, 0.3) is 16.6 Å². The van der Waals surface area contributed by atoms with Crippen molar-refractivity contribution in [2.24, 2.45) is 16.6 Å². The lowest BCUT2D eigenvalue weighted by atomic mass is 9.95. The van der Waals surface area contributed by atoms with Crippen molar-refractivity contribution in [1.29, 1.82) is 0 Å². The Morgan fingerprint density at radius 3 is 2.69 bits per heavy atom. The van der Waals surface area contributed by atoms with Gasteiger partial charge < -0.3 is 16.0 Å². The molecule has 0 aliphatic carbocycles. The van der Waals surface area contributed by atoms with E-state index in [1.54, 1.807) is 28.8 Å². The SMILES string of the molecule is CC1=CC(C)=NC(=O)C1CNC(=O)c1cc(C2=CCN(C(=O)CN)CC2)nc2c1cnn2C(C)C. The normalized spacial score (nSPS) is 18.5. The maximum Gasteiger partial charge on any atom is 0.254 e. The Bertz CT molecular complexity index is 1290. The Kier molecular flexibility index (Phi) is 6.93. The van der Waals surface area contributed by atoms with Gasteiger partial charge >= 0.3 is 0 Å². The number of pyridine rings is 1. The average molecular weight is 478 g/mol. The first-order chi connectivity index (χ1) is 16.7. The molecule has 0 fully saturated rings. The van der Waals surface area contributed by atoms with Gasteiger partial charge in [-0.15, -0.1) is 0 Å². The number of rotatable bonds is 6. The second-order valence-electron chi connectivity index (χ2n) is 9.24. The minimum Gasteiger partial charge on any atom is -0.351 e. The summed E-state index contributed by atoms with van der Waals surface area (Å²) < 4.78 is 1.79. The van der Waals surface area contributed by atoms with E-state index in [0.717, 1.165) is 11.1 Å². The van der Waals surface area contributed by atoms with Crippen molar-refractivity contribution in [2.45, 2.75) is 40.2 Å². The number of nitrogens with one attached hydrogen (secondary N) is 1. The van der Waals surface area contributed by atoms with Crippen LogP contribution in [-0.4, -0.2) is 69.3 Å². The zero-order valence-corrected chi connectivity index (χ0v) is 20.5. The molecule has 0 bridgehead atoms. The molecule has 0 spiro atoms. The summed E-state index contributed by atoms with van der Waals surface area (Å²) in [4.78, 5) is 48.2. The van der Waals surface area contributed by atoms with E-state index in [0.29, 0.717) is 47.5 Å². The van der Waals surface area contributed by atoms with E-state index in [4.69, 9.17) is 10.7 Å². The molecule has 4 heterocycles. The largest absolute Gasteiger partial charge is 0.351 e. The summed E-state index contributed by atoms with van der Waals surface area (Å²) in [6.45, 7) is 8.79. The van der Waals surface area contributed by atoms with Gasteiger partial charge in [0.15, 0.2) is 5.65 Å². The highest BCUT2D eigenvalue weighted by molar-refractivity contribution is 6.07. The van der Waals surface area contributed by atoms with Crippen molar-refractivity contribution >= 4 is 40.0 Å². The number of aromatic nitrogens is 3. The molecule has 3 N–H and O–H groups in total. The molecule has 1 atom stereocenters. The van der Waals surface area contributed by atoms with E-state index in [2.05, 4.69) is 15.4 Å². The predicted octanol–water partition coefficient (Wildman–Crippen LogP) is 1.88. The molecular formula is C25H31N7O3. The summed E-state index contributed by atoms with van der Waals surface area (Å²) in [5.41, 5.74) is 9.74. The zero-order chi connectivity index (χ0) is 25.3. The lowest BCUT2D eigenvalue weighted by Crippen LogP contribution is -2.38. The van der Waals surface area contributed by atoms with Gasteiger partial charge in [-0.05, 0) is 51.8 Å². The summed E-state index contributed by atoms with van der Waals surface area (Å²) in [5, 5.41) is 8.02. The molecule has 0 saturated heterocycles. The number of fused-ring (bicyclic) bond motifs is 1. The van der Waals surface area contributed by atoms with Crippen molar-refractivity contribution < 1.29 is 14.4 Å². The first-order valence-corrected chi connectivity index (χ1v) is 11.8. The van der Waals surface area contributed by atoms with Crippen molar-refractivity contribution in [3.63, 3.8) is 0 Å². The monoisotopic (exact) mass is 477 g/mol. The average Bonchev–Trinajstić information content (AvgIpc) is 3.26. The minimum atomic E-state index is -0.482. The van der Waals surface area contributed by atoms with Gasteiger partial charge in [0.05, 0.1) is 35.3 Å². The lowest BCUT2D eigenvalue weighted by Gasteiger charge is -2.26. The Morgan fingerprint density at radius 2 is 2.06 bits per heavy atom. The van der Waals surface area contributed by atoms with Crippen LogP contribution in [0.1, 0.15) is 56.2 Å². The third-order valence-electron chi connectivity index (χ3n) is 6.40. The van der Waals surface area contributed by atoms with E-state index < -0.39 is 5.92 Å². The number of hydrogen-bond acceptors (Lipinski definition) is 6. The topological polar surface area (TPSA) is 136 Å². The summed E-state index contributed by atoms with van der Waals surface area (Å²) in [6, 6.07) is 1.82. The molecule has 3 amide bonds. The molecule has 1 unspecified atom stereocenters. The molecule has 2 aliphatic heterocycles. The van der Waals surface area contributed by atoms with E-state index >= 15 is 0 Å². The molecule has 35 heavy (non-hydrogen) atoms. The quantitative estimate of drug-likeness (QED) is 0.652. The van der Waals surface area contributed by atoms with Crippen molar-refractivity contribution in [1.82, 2.24) is 25.0 Å². The fourth-order valence-electron chi connectivity index (χ4n) is 4.45. The Morgan fingerprint density at radius 1 is 1.29 bits per heavy atom. The third kappa shape index (κ3) is 4.93. The summed E-state index contributed by atoms with van der Waals surface area (Å²) >= 11 is 0. The van der Waals surface area contributed by atoms with Gasteiger partial charge in [-0.1, -0.05) is 11.6 Å². The molecule has 2 aromatic heterocycles. The van der Waals surface area contributed by atoms with E-state index in [1.807, 2.05) is 32.9 Å². The zero-order valence-electron chi connectivity index (χ0n) is 20.5. The molecule has 10 nitrogen and oxygen atoms in total. The summed E-state index contributed by atoms with van der Waals surface area (Å²) in [6.07, 6.45) is 6.08. The molecule has 4 rings (SSSR count). The maximum atomic E-state index is 13.3. The molecule has 2 aliphatic rings. The fourth-order valence-corrected chi connectivity index (χ4v) is 4.45. The van der Waals surface area contributed by atoms with Crippen molar-refractivity contribution in [3.8, 4) is 0 Å². The van der Waals surface area contributed by atoms with Gasteiger partial charge in [-0.2, -0.15) is 5.10 Å². The predicted molar refractivity (Wildman–Crippen MR) is 134 cm³/mol. The Balaban J connectivity index is 1.65. The minimum absolute atomic E-state index is 0.0195. The van der Waals surface area contributed by atoms with Crippen LogP contribution in [0.4, 0.5) is 0 Å². The second-order valence-corrected chi connectivity index (χ2v) is 9.24. The number of nitrogens with two attached hydrogens (primary N) is 1. The van der Waals surface area contributed by atoms with Crippen LogP contribution in [-0.2, 0) is 9.59 Å². The molecule has 0 saturated carbocycles. The van der Waals surface area contributed by atoms with Crippen LogP contribution in [0.5, 0.6) is 0 Å². The van der Waals surface area contributed by atoms with Crippen molar-refractivity contribution in [3.05, 3.63) is 41.2 Å². The molecule has 0 aromatic carbocycles. The highest BCUT2D eigenvalue weighted by atomic mass is 16.2. The summed E-state index contributed by atoms with van der Waals surface area (Å²) in [5.74, 6) is -1.13. The number of hydrogen-bond donors (Lipinski definition) is 2.